The summed E-state index contributed by atoms with van der Waals surface area (Å²) in [4.78, 5) is 28.3. The van der Waals surface area contributed by atoms with Gasteiger partial charge in [-0.25, -0.2) is 4.68 Å². The molecule has 0 bridgehead atoms. The van der Waals surface area contributed by atoms with Crippen molar-refractivity contribution in [2.24, 2.45) is 0 Å². The molecule has 0 aliphatic carbocycles. The molecule has 1 atom stereocenters. The molecular weight excluding hydrogens is 270 g/mol. The van der Waals surface area contributed by atoms with Gasteiger partial charge in [0.05, 0.1) is 6.42 Å². The average molecular weight is 285 g/mol. The van der Waals surface area contributed by atoms with Crippen molar-refractivity contribution in [2.75, 3.05) is 10.6 Å². The third-order valence-electron chi connectivity index (χ3n) is 3.37. The standard InChI is InChI=1S/C14H15N5O2/c1-8-5-3-4-6-10(8)16-13(21)11-7-12(20)17-14-15-9(2)18-19(11)14/h3-6,11H,7H2,1-2H3,(H,16,21)(H,15,17,18,20)/t11-/m1/s1. The van der Waals surface area contributed by atoms with Gasteiger partial charge in [-0.15, -0.1) is 0 Å². The maximum atomic E-state index is 12.5. The summed E-state index contributed by atoms with van der Waals surface area (Å²) < 4.78 is 1.46. The molecule has 1 aromatic heterocycles. The van der Waals surface area contributed by atoms with Crippen LogP contribution in [0.5, 0.6) is 0 Å². The summed E-state index contributed by atoms with van der Waals surface area (Å²) >= 11 is 0. The van der Waals surface area contributed by atoms with Crippen LogP contribution in [0, 0.1) is 13.8 Å². The number of hydrogen-bond acceptors (Lipinski definition) is 4. The monoisotopic (exact) mass is 285 g/mol. The van der Waals surface area contributed by atoms with Crippen molar-refractivity contribution in [1.82, 2.24) is 14.8 Å². The van der Waals surface area contributed by atoms with Crippen LogP contribution in [-0.4, -0.2) is 26.6 Å². The predicted octanol–water partition coefficient (Wildman–Crippen LogP) is 1.42. The molecule has 0 saturated carbocycles. The van der Waals surface area contributed by atoms with Crippen LogP contribution in [-0.2, 0) is 9.59 Å². The molecule has 21 heavy (non-hydrogen) atoms. The van der Waals surface area contributed by atoms with Crippen LogP contribution in [0.25, 0.3) is 0 Å². The van der Waals surface area contributed by atoms with E-state index >= 15 is 0 Å². The second kappa shape index (κ2) is 5.01. The van der Waals surface area contributed by atoms with Gasteiger partial charge in [0.25, 0.3) is 0 Å². The smallest absolute Gasteiger partial charge is 0.249 e. The number of aromatic nitrogens is 3. The van der Waals surface area contributed by atoms with E-state index in [2.05, 4.69) is 20.7 Å². The molecule has 7 nitrogen and oxygen atoms in total. The molecule has 1 aromatic carbocycles. The molecule has 0 saturated heterocycles. The van der Waals surface area contributed by atoms with Gasteiger partial charge in [0.2, 0.25) is 17.8 Å². The number of fused-ring (bicyclic) bond motifs is 1. The summed E-state index contributed by atoms with van der Waals surface area (Å²) in [5, 5.41) is 9.64. The summed E-state index contributed by atoms with van der Waals surface area (Å²) in [6.45, 7) is 3.63. The first kappa shape index (κ1) is 13.3. The molecule has 2 aromatic rings. The molecule has 7 heteroatoms. The maximum Gasteiger partial charge on any atom is 0.249 e. The highest BCUT2D eigenvalue weighted by atomic mass is 16.2. The molecule has 3 rings (SSSR count). The number of carbonyl (C=O) groups is 2. The largest absolute Gasteiger partial charge is 0.324 e. The van der Waals surface area contributed by atoms with E-state index in [1.54, 1.807) is 6.92 Å². The Hall–Kier alpha value is -2.70. The molecule has 2 amide bonds. The minimum Gasteiger partial charge on any atom is -0.324 e. The van der Waals surface area contributed by atoms with Crippen molar-refractivity contribution in [3.8, 4) is 0 Å². The van der Waals surface area contributed by atoms with Gasteiger partial charge in [-0.1, -0.05) is 18.2 Å². The SMILES string of the molecule is Cc1nc2n(n1)[C@@H](C(=O)Nc1ccccc1C)CC(=O)N2. The summed E-state index contributed by atoms with van der Waals surface area (Å²) in [7, 11) is 0. The van der Waals surface area contributed by atoms with Gasteiger partial charge in [-0.05, 0) is 25.5 Å². The predicted molar refractivity (Wildman–Crippen MR) is 76.9 cm³/mol. The van der Waals surface area contributed by atoms with E-state index in [0.29, 0.717) is 11.8 Å². The number of nitrogens with one attached hydrogen (secondary N) is 2. The lowest BCUT2D eigenvalue weighted by molar-refractivity contribution is -0.125. The van der Waals surface area contributed by atoms with Gasteiger partial charge in [0.15, 0.2) is 0 Å². The zero-order valence-electron chi connectivity index (χ0n) is 11.8. The summed E-state index contributed by atoms with van der Waals surface area (Å²) in [5.41, 5.74) is 1.69. The Kier molecular flexibility index (Phi) is 3.17. The maximum absolute atomic E-state index is 12.5. The highest BCUT2D eigenvalue weighted by Crippen LogP contribution is 2.24. The Bertz CT molecular complexity index is 722. The zero-order valence-corrected chi connectivity index (χ0v) is 11.8. The van der Waals surface area contributed by atoms with Crippen LogP contribution in [0.15, 0.2) is 24.3 Å². The molecule has 2 heterocycles. The molecule has 0 spiro atoms. The summed E-state index contributed by atoms with van der Waals surface area (Å²) in [6, 6.07) is 6.80. The van der Waals surface area contributed by atoms with E-state index in [1.807, 2.05) is 31.2 Å². The lowest BCUT2D eigenvalue weighted by Gasteiger charge is -2.22. The number of para-hydroxylation sites is 1. The third-order valence-corrected chi connectivity index (χ3v) is 3.37. The number of amides is 2. The Morgan fingerprint density at radius 3 is 2.90 bits per heavy atom. The lowest BCUT2D eigenvalue weighted by atomic mass is 10.1. The normalized spacial score (nSPS) is 17.0. The Balaban J connectivity index is 1.88. The second-order valence-corrected chi connectivity index (χ2v) is 5.00. The molecule has 1 aliphatic heterocycles. The topological polar surface area (TPSA) is 88.9 Å². The number of anilines is 2. The second-order valence-electron chi connectivity index (χ2n) is 5.00. The first-order chi connectivity index (χ1) is 10.0. The fourth-order valence-corrected chi connectivity index (χ4v) is 2.30. The van der Waals surface area contributed by atoms with Crippen molar-refractivity contribution in [3.05, 3.63) is 35.7 Å². The number of hydrogen-bond donors (Lipinski definition) is 2. The number of carbonyl (C=O) groups excluding carboxylic acids is 2. The van der Waals surface area contributed by atoms with Crippen LogP contribution < -0.4 is 10.6 Å². The Labute approximate surface area is 121 Å². The quantitative estimate of drug-likeness (QED) is 0.873. The molecule has 108 valence electrons. The van der Waals surface area contributed by atoms with E-state index in [1.165, 1.54) is 4.68 Å². The minimum absolute atomic E-state index is 0.0491. The van der Waals surface area contributed by atoms with Crippen LogP contribution in [0.3, 0.4) is 0 Å². The Morgan fingerprint density at radius 2 is 2.14 bits per heavy atom. The highest BCUT2D eigenvalue weighted by Gasteiger charge is 2.32. The first-order valence-corrected chi connectivity index (χ1v) is 6.64. The number of benzene rings is 1. The van der Waals surface area contributed by atoms with Crippen molar-refractivity contribution < 1.29 is 9.59 Å². The molecule has 0 fully saturated rings. The first-order valence-electron chi connectivity index (χ1n) is 6.64. The van der Waals surface area contributed by atoms with Gasteiger partial charge < -0.3 is 5.32 Å². The van der Waals surface area contributed by atoms with Crippen molar-refractivity contribution >= 4 is 23.5 Å². The van der Waals surface area contributed by atoms with E-state index < -0.39 is 6.04 Å². The minimum atomic E-state index is -0.686. The van der Waals surface area contributed by atoms with Crippen molar-refractivity contribution in [2.45, 2.75) is 26.3 Å². The van der Waals surface area contributed by atoms with Gasteiger partial charge >= 0.3 is 0 Å². The third kappa shape index (κ3) is 2.49. The van der Waals surface area contributed by atoms with Gasteiger partial charge in [-0.2, -0.15) is 10.1 Å². The fourth-order valence-electron chi connectivity index (χ4n) is 2.30. The van der Waals surface area contributed by atoms with E-state index in [0.717, 1.165) is 11.3 Å². The van der Waals surface area contributed by atoms with Crippen molar-refractivity contribution in [1.29, 1.82) is 0 Å². The van der Waals surface area contributed by atoms with Crippen LogP contribution >= 0.6 is 0 Å². The number of nitrogens with zero attached hydrogens (tertiary/aromatic N) is 3. The van der Waals surface area contributed by atoms with Gasteiger partial charge in [0.1, 0.15) is 11.9 Å². The molecule has 1 aliphatic rings. The zero-order chi connectivity index (χ0) is 15.0. The number of rotatable bonds is 2. The van der Waals surface area contributed by atoms with Crippen LogP contribution in [0.2, 0.25) is 0 Å². The average Bonchev–Trinajstić information content (AvgIpc) is 2.80. The van der Waals surface area contributed by atoms with Crippen LogP contribution in [0.4, 0.5) is 11.6 Å². The molecule has 0 radical (unpaired) electrons. The van der Waals surface area contributed by atoms with Gasteiger partial charge in [-0.3, -0.25) is 14.9 Å². The summed E-state index contributed by atoms with van der Waals surface area (Å²) in [5.74, 6) is 0.319. The van der Waals surface area contributed by atoms with Crippen LogP contribution in [0.1, 0.15) is 23.9 Å². The van der Waals surface area contributed by atoms with E-state index in [4.69, 9.17) is 0 Å². The van der Waals surface area contributed by atoms with Gasteiger partial charge in [0, 0.05) is 5.69 Å². The fraction of sp³-hybridized carbons (Fsp3) is 0.286. The number of aryl methyl sites for hydroxylation is 2. The highest BCUT2D eigenvalue weighted by molar-refractivity contribution is 6.01. The van der Waals surface area contributed by atoms with E-state index in [-0.39, 0.29) is 18.2 Å². The van der Waals surface area contributed by atoms with E-state index in [9.17, 15) is 9.59 Å². The molecular formula is C14H15N5O2. The lowest BCUT2D eigenvalue weighted by Crippen LogP contribution is -2.36. The van der Waals surface area contributed by atoms with Crippen molar-refractivity contribution in [3.63, 3.8) is 0 Å². The Morgan fingerprint density at radius 1 is 1.38 bits per heavy atom. The molecule has 0 unspecified atom stereocenters. The summed E-state index contributed by atoms with van der Waals surface area (Å²) in [6.07, 6.45) is 0.0491. The molecule has 2 N–H and O–H groups in total.